The van der Waals surface area contributed by atoms with Gasteiger partial charge in [-0.3, -0.25) is 9.69 Å². The molecule has 2 aliphatic rings. The van der Waals surface area contributed by atoms with Crippen molar-refractivity contribution in [2.24, 2.45) is 0 Å². The summed E-state index contributed by atoms with van der Waals surface area (Å²) >= 11 is 0. The van der Waals surface area contributed by atoms with E-state index in [1.54, 1.807) is 7.11 Å². The highest BCUT2D eigenvalue weighted by molar-refractivity contribution is 5.77. The molecule has 0 spiro atoms. The maximum atomic E-state index is 11.9. The van der Waals surface area contributed by atoms with Gasteiger partial charge in [-0.25, -0.2) is 0 Å². The molecule has 1 aliphatic heterocycles. The number of carbonyl (C=O) groups excluding carboxylic acids is 1. The molecule has 0 aromatic heterocycles. The lowest BCUT2D eigenvalue weighted by Gasteiger charge is -2.38. The number of carbonyl (C=O) groups is 1. The monoisotopic (exact) mass is 283 g/mol. The van der Waals surface area contributed by atoms with Gasteiger partial charge in [0, 0.05) is 52.4 Å². The molecule has 5 heteroatoms. The van der Waals surface area contributed by atoms with Gasteiger partial charge < -0.3 is 14.5 Å². The van der Waals surface area contributed by atoms with Crippen LogP contribution in [0.15, 0.2) is 0 Å². The van der Waals surface area contributed by atoms with Gasteiger partial charge in [0.25, 0.3) is 0 Å². The number of ether oxygens (including phenoxy) is 1. The number of rotatable bonds is 5. The van der Waals surface area contributed by atoms with Crippen LogP contribution in [0.5, 0.6) is 0 Å². The fourth-order valence-corrected chi connectivity index (χ4v) is 3.49. The number of methoxy groups -OCH3 is 1. The van der Waals surface area contributed by atoms with Crippen molar-refractivity contribution in [2.45, 2.75) is 38.3 Å². The fraction of sp³-hybridized carbons (Fsp3) is 0.933. The Balaban J connectivity index is 1.79. The van der Waals surface area contributed by atoms with Gasteiger partial charge in [0.15, 0.2) is 0 Å². The number of nitrogens with zero attached hydrogens (tertiary/aromatic N) is 3. The molecule has 2 atom stereocenters. The molecule has 0 aromatic carbocycles. The van der Waals surface area contributed by atoms with Gasteiger partial charge in [-0.15, -0.1) is 0 Å². The quantitative estimate of drug-likeness (QED) is 0.742. The molecule has 0 bridgehead atoms. The second kappa shape index (κ2) is 7.38. The lowest BCUT2D eigenvalue weighted by molar-refractivity contribution is -0.135. The van der Waals surface area contributed by atoms with E-state index in [-0.39, 0.29) is 12.5 Å². The van der Waals surface area contributed by atoms with E-state index < -0.39 is 0 Å². The number of hydrogen-bond acceptors (Lipinski definition) is 4. The summed E-state index contributed by atoms with van der Waals surface area (Å²) in [6.45, 7) is 8.34. The molecular weight excluding hydrogens is 254 g/mol. The van der Waals surface area contributed by atoms with E-state index in [9.17, 15) is 4.79 Å². The van der Waals surface area contributed by atoms with Gasteiger partial charge in [0.05, 0.1) is 0 Å². The molecule has 0 N–H and O–H groups in total. The molecule has 116 valence electrons. The first-order chi connectivity index (χ1) is 9.65. The molecule has 2 fully saturated rings. The Bertz CT molecular complexity index is 316. The largest absolute Gasteiger partial charge is 0.375 e. The molecule has 1 unspecified atom stereocenters. The third-order valence-corrected chi connectivity index (χ3v) is 4.96. The summed E-state index contributed by atoms with van der Waals surface area (Å²) in [6, 6.07) is 1.06. The minimum Gasteiger partial charge on any atom is -0.375 e. The first kappa shape index (κ1) is 15.7. The van der Waals surface area contributed by atoms with Crippen LogP contribution >= 0.6 is 0 Å². The Morgan fingerprint density at radius 2 is 1.95 bits per heavy atom. The Morgan fingerprint density at radius 3 is 2.55 bits per heavy atom. The number of piperazine rings is 1. The third kappa shape index (κ3) is 3.71. The van der Waals surface area contributed by atoms with Crippen molar-refractivity contribution in [1.29, 1.82) is 0 Å². The zero-order chi connectivity index (χ0) is 14.5. The highest BCUT2D eigenvalue weighted by Gasteiger charge is 2.33. The molecular formula is C15H29N3O2. The Labute approximate surface area is 122 Å². The minimum atomic E-state index is 0.106. The SMILES string of the molecule is CCN1CCN([C@H]2CCC(N(C)C(=O)COC)C2)CC1. The van der Waals surface area contributed by atoms with Crippen LogP contribution in [0.4, 0.5) is 0 Å². The maximum Gasteiger partial charge on any atom is 0.248 e. The number of amides is 1. The molecule has 0 radical (unpaired) electrons. The van der Waals surface area contributed by atoms with E-state index >= 15 is 0 Å². The summed E-state index contributed by atoms with van der Waals surface area (Å²) in [5, 5.41) is 0. The van der Waals surface area contributed by atoms with Crippen LogP contribution in [-0.4, -0.2) is 86.2 Å². The summed E-state index contributed by atoms with van der Waals surface area (Å²) in [4.78, 5) is 18.9. The van der Waals surface area contributed by atoms with Crippen LogP contribution in [0.25, 0.3) is 0 Å². The molecule has 1 heterocycles. The van der Waals surface area contributed by atoms with Gasteiger partial charge >= 0.3 is 0 Å². The van der Waals surface area contributed by atoms with Crippen molar-refractivity contribution >= 4 is 5.91 Å². The number of hydrogen-bond donors (Lipinski definition) is 0. The zero-order valence-electron chi connectivity index (χ0n) is 13.2. The second-order valence-electron chi connectivity index (χ2n) is 6.03. The topological polar surface area (TPSA) is 36.0 Å². The predicted molar refractivity (Wildman–Crippen MR) is 79.8 cm³/mol. The van der Waals surface area contributed by atoms with Crippen molar-refractivity contribution in [2.75, 3.05) is 53.5 Å². The molecule has 1 amide bonds. The highest BCUT2D eigenvalue weighted by atomic mass is 16.5. The molecule has 1 saturated heterocycles. The van der Waals surface area contributed by atoms with Crippen molar-refractivity contribution in [1.82, 2.24) is 14.7 Å². The van der Waals surface area contributed by atoms with Crippen molar-refractivity contribution in [3.8, 4) is 0 Å². The van der Waals surface area contributed by atoms with Gasteiger partial charge in [0.1, 0.15) is 6.61 Å². The van der Waals surface area contributed by atoms with Crippen LogP contribution in [-0.2, 0) is 9.53 Å². The summed E-state index contributed by atoms with van der Waals surface area (Å²) < 4.78 is 4.94. The summed E-state index contributed by atoms with van der Waals surface area (Å²) in [5.74, 6) is 0.106. The van der Waals surface area contributed by atoms with E-state index in [1.807, 2.05) is 11.9 Å². The average molecular weight is 283 g/mol. The molecule has 1 aliphatic carbocycles. The Kier molecular flexibility index (Phi) is 5.81. The molecule has 2 rings (SSSR count). The summed E-state index contributed by atoms with van der Waals surface area (Å²) in [5.41, 5.74) is 0. The van der Waals surface area contributed by atoms with Crippen LogP contribution in [0, 0.1) is 0 Å². The lowest BCUT2D eigenvalue weighted by Crippen LogP contribution is -2.50. The lowest BCUT2D eigenvalue weighted by atomic mass is 10.1. The Hall–Kier alpha value is -0.650. The second-order valence-corrected chi connectivity index (χ2v) is 6.03. The molecule has 20 heavy (non-hydrogen) atoms. The van der Waals surface area contributed by atoms with Gasteiger partial charge in [-0.05, 0) is 25.8 Å². The fourth-order valence-electron chi connectivity index (χ4n) is 3.49. The highest BCUT2D eigenvalue weighted by Crippen LogP contribution is 2.28. The maximum absolute atomic E-state index is 11.9. The van der Waals surface area contributed by atoms with Crippen molar-refractivity contribution in [3.05, 3.63) is 0 Å². The zero-order valence-corrected chi connectivity index (χ0v) is 13.2. The average Bonchev–Trinajstić information content (AvgIpc) is 2.96. The van der Waals surface area contributed by atoms with E-state index in [1.165, 1.54) is 32.6 Å². The van der Waals surface area contributed by atoms with Crippen LogP contribution in [0.1, 0.15) is 26.2 Å². The van der Waals surface area contributed by atoms with Crippen LogP contribution < -0.4 is 0 Å². The summed E-state index contributed by atoms with van der Waals surface area (Å²) in [7, 11) is 3.50. The van der Waals surface area contributed by atoms with E-state index in [2.05, 4.69) is 16.7 Å². The van der Waals surface area contributed by atoms with Crippen molar-refractivity contribution in [3.63, 3.8) is 0 Å². The van der Waals surface area contributed by atoms with Crippen LogP contribution in [0.2, 0.25) is 0 Å². The van der Waals surface area contributed by atoms with Gasteiger partial charge in [-0.1, -0.05) is 6.92 Å². The first-order valence-electron chi connectivity index (χ1n) is 7.86. The first-order valence-corrected chi connectivity index (χ1v) is 7.86. The van der Waals surface area contributed by atoms with Gasteiger partial charge in [-0.2, -0.15) is 0 Å². The van der Waals surface area contributed by atoms with E-state index in [0.717, 1.165) is 19.4 Å². The standard InChI is InChI=1S/C15H29N3O2/c1-4-17-7-9-18(10-8-17)14-6-5-13(11-14)16(2)15(19)12-20-3/h13-14H,4-12H2,1-3H3/t13?,14-/m0/s1. The van der Waals surface area contributed by atoms with Gasteiger partial charge in [0.2, 0.25) is 5.91 Å². The van der Waals surface area contributed by atoms with Crippen molar-refractivity contribution < 1.29 is 9.53 Å². The van der Waals surface area contributed by atoms with E-state index in [0.29, 0.717) is 12.1 Å². The Morgan fingerprint density at radius 1 is 1.25 bits per heavy atom. The molecule has 1 saturated carbocycles. The summed E-state index contributed by atoms with van der Waals surface area (Å²) in [6.07, 6.45) is 3.48. The minimum absolute atomic E-state index is 0.106. The normalized spacial score (nSPS) is 28.8. The van der Waals surface area contributed by atoms with Crippen LogP contribution in [0.3, 0.4) is 0 Å². The predicted octanol–water partition coefficient (Wildman–Crippen LogP) is 0.650. The third-order valence-electron chi connectivity index (χ3n) is 4.96. The van der Waals surface area contributed by atoms with E-state index in [4.69, 9.17) is 4.74 Å². The smallest absolute Gasteiger partial charge is 0.248 e. The number of likely N-dealkylation sites (N-methyl/N-ethyl adjacent to an activating group) is 2. The molecule has 0 aromatic rings. The molecule has 5 nitrogen and oxygen atoms in total.